The molecule has 0 aromatic rings. The maximum absolute atomic E-state index is 8.96. The standard InChI is InChI=1S/Mo.H2O2.O/c;1-2;/h;1-2H;/q+1;;/p-1. The summed E-state index contributed by atoms with van der Waals surface area (Å²) in [5, 5.41) is 7.12. The Balaban J connectivity index is 2.30. The predicted molar refractivity (Wildman–Crippen MR) is 4.40 cm³/mol. The second kappa shape index (κ2) is 3.41. The van der Waals surface area contributed by atoms with Gasteiger partial charge in [0.2, 0.25) is 0 Å². The Labute approximate surface area is 31.8 Å². The number of hydrogen-bond donors (Lipinski definition) is 1. The van der Waals surface area contributed by atoms with Crippen molar-refractivity contribution < 1.29 is 31.1 Å². The molecule has 4 heteroatoms. The van der Waals surface area contributed by atoms with E-state index in [2.05, 4.69) is 3.54 Å². The molecule has 1 N–H and O–H groups in total. The molecule has 0 saturated carbocycles. The molecular weight excluding hydrogens is 144 g/mol. The second-order valence-corrected chi connectivity index (χ2v) is 0.843. The first kappa shape index (κ1) is 4.41. The minimum absolute atomic E-state index is 1.71. The Morgan fingerprint density at radius 1 is 2.00 bits per heavy atom. The van der Waals surface area contributed by atoms with Crippen LogP contribution in [-0.4, -0.2) is 5.26 Å². The number of hydrogen-bond acceptors (Lipinski definition) is 3. The van der Waals surface area contributed by atoms with Gasteiger partial charge in [-0.05, 0) is 0 Å². The quantitative estimate of drug-likeness (QED) is 0.316. The van der Waals surface area contributed by atoms with Gasteiger partial charge < -0.3 is 0 Å². The van der Waals surface area contributed by atoms with Gasteiger partial charge >= 0.3 is 31.1 Å². The number of rotatable bonds is 1. The van der Waals surface area contributed by atoms with Crippen LogP contribution in [0, 0.1) is 0 Å². The van der Waals surface area contributed by atoms with Crippen LogP contribution in [0.1, 0.15) is 0 Å². The molecule has 0 rings (SSSR count). The van der Waals surface area contributed by atoms with Gasteiger partial charge in [0.1, 0.15) is 0 Å². The van der Waals surface area contributed by atoms with Crippen molar-refractivity contribution in [3.63, 3.8) is 0 Å². The van der Waals surface area contributed by atoms with E-state index in [1.807, 2.05) is 0 Å². The van der Waals surface area contributed by atoms with Crippen LogP contribution in [0.2, 0.25) is 0 Å². The van der Waals surface area contributed by atoms with Gasteiger partial charge in [0, 0.05) is 0 Å². The molecule has 0 saturated heterocycles. The first-order chi connectivity index (χ1) is 1.91. The van der Waals surface area contributed by atoms with E-state index < -0.39 is 18.9 Å². The fourth-order valence-electron chi connectivity index (χ4n) is 0. The summed E-state index contributed by atoms with van der Waals surface area (Å²) in [7, 11) is 0. The van der Waals surface area contributed by atoms with Gasteiger partial charge in [-0.25, -0.2) is 0 Å². The normalized spacial score (nSPS) is 6.25. The summed E-state index contributed by atoms with van der Waals surface area (Å²) in [5.74, 6) is 0. The fraction of sp³-hybridized carbons (Fsp3) is 0. The van der Waals surface area contributed by atoms with Gasteiger partial charge in [-0.15, -0.1) is 0 Å². The van der Waals surface area contributed by atoms with Crippen LogP contribution in [0.15, 0.2) is 0 Å². The third-order valence-corrected chi connectivity index (χ3v) is 0.180. The van der Waals surface area contributed by atoms with E-state index in [1.165, 1.54) is 0 Å². The van der Waals surface area contributed by atoms with E-state index in [0.717, 1.165) is 0 Å². The van der Waals surface area contributed by atoms with E-state index in [9.17, 15) is 0 Å². The minimum atomic E-state index is -1.71. The van der Waals surface area contributed by atoms with Crippen molar-refractivity contribution in [1.29, 1.82) is 0 Å². The molecule has 0 aliphatic heterocycles. The van der Waals surface area contributed by atoms with Gasteiger partial charge in [0.25, 0.3) is 0 Å². The second-order valence-electron chi connectivity index (χ2n) is 0.143. The summed E-state index contributed by atoms with van der Waals surface area (Å²) < 4.78 is 12.1. The van der Waals surface area contributed by atoms with Crippen molar-refractivity contribution >= 4 is 0 Å². The molecule has 25 valence electrons. The average Bonchev–Trinajstić information content (AvgIpc) is 1.37. The molecule has 4 heavy (non-hydrogen) atoms. The van der Waals surface area contributed by atoms with Gasteiger partial charge in [-0.2, -0.15) is 0 Å². The third kappa shape index (κ3) is 2.41. The molecule has 0 radical (unpaired) electrons. The molecule has 0 aliphatic rings. The monoisotopic (exact) mass is 147 g/mol. The zero-order valence-electron chi connectivity index (χ0n) is 1.67. The van der Waals surface area contributed by atoms with Crippen molar-refractivity contribution in [3.8, 4) is 0 Å². The van der Waals surface area contributed by atoms with Crippen LogP contribution in [-0.2, 0) is 25.8 Å². The Bertz CT molecular complexity index is 17.2. The van der Waals surface area contributed by atoms with Gasteiger partial charge in [0.05, 0.1) is 0 Å². The van der Waals surface area contributed by atoms with E-state index in [1.54, 1.807) is 0 Å². The van der Waals surface area contributed by atoms with Crippen LogP contribution in [0.4, 0.5) is 0 Å². The molecule has 0 amide bonds. The summed E-state index contributed by atoms with van der Waals surface area (Å²) in [6.07, 6.45) is 0. The molecule has 0 fully saturated rings. The molecule has 0 aromatic heterocycles. The molecule has 0 unspecified atom stereocenters. The zero-order valence-corrected chi connectivity index (χ0v) is 3.68. The predicted octanol–water partition coefficient (Wildman–Crippen LogP) is -0.181. The van der Waals surface area contributed by atoms with Crippen LogP contribution in [0.25, 0.3) is 0 Å². The topological polar surface area (TPSA) is 46.5 Å². The Hall–Kier alpha value is 0.408. The summed E-state index contributed by atoms with van der Waals surface area (Å²) in [6, 6.07) is 0. The van der Waals surface area contributed by atoms with E-state index in [-0.39, 0.29) is 0 Å². The van der Waals surface area contributed by atoms with E-state index >= 15 is 0 Å². The van der Waals surface area contributed by atoms with Crippen molar-refractivity contribution in [3.05, 3.63) is 0 Å². The van der Waals surface area contributed by atoms with Crippen LogP contribution >= 0.6 is 0 Å². The molecule has 3 nitrogen and oxygen atoms in total. The van der Waals surface area contributed by atoms with Gasteiger partial charge in [-0.1, -0.05) is 0 Å². The Morgan fingerprint density at radius 3 is 2.25 bits per heavy atom. The molecule has 0 aromatic carbocycles. The molecule has 0 heterocycles. The summed E-state index contributed by atoms with van der Waals surface area (Å²) in [5.41, 5.74) is 0. The summed E-state index contributed by atoms with van der Waals surface area (Å²) in [6.45, 7) is 0. The average molecular weight is 145 g/mol. The SMILES string of the molecule is [O]=[Mo][O]O. The molecular formula is HMoO3. The van der Waals surface area contributed by atoms with Crippen molar-refractivity contribution in [1.82, 2.24) is 0 Å². The molecule has 0 spiro atoms. The Morgan fingerprint density at radius 2 is 2.25 bits per heavy atom. The van der Waals surface area contributed by atoms with Crippen LogP contribution < -0.4 is 0 Å². The van der Waals surface area contributed by atoms with Crippen molar-refractivity contribution in [2.24, 2.45) is 0 Å². The fourth-order valence-corrected chi connectivity index (χ4v) is 0. The van der Waals surface area contributed by atoms with Crippen molar-refractivity contribution in [2.45, 2.75) is 0 Å². The van der Waals surface area contributed by atoms with Gasteiger partial charge in [-0.3, -0.25) is 0 Å². The van der Waals surface area contributed by atoms with Crippen LogP contribution in [0.3, 0.4) is 0 Å². The maximum atomic E-state index is 8.96. The summed E-state index contributed by atoms with van der Waals surface area (Å²) >= 11 is -1.71. The van der Waals surface area contributed by atoms with Crippen LogP contribution in [0.5, 0.6) is 0 Å². The Kier molecular flexibility index (Phi) is 3.76. The summed E-state index contributed by atoms with van der Waals surface area (Å²) in [4.78, 5) is 0. The zero-order chi connectivity index (χ0) is 3.41. The van der Waals surface area contributed by atoms with Gasteiger partial charge in [0.15, 0.2) is 0 Å². The van der Waals surface area contributed by atoms with Crippen molar-refractivity contribution in [2.75, 3.05) is 0 Å². The molecule has 0 aliphatic carbocycles. The van der Waals surface area contributed by atoms with E-state index in [4.69, 9.17) is 8.65 Å². The molecule has 0 atom stereocenters. The third-order valence-electron chi connectivity index (χ3n) is 0.0304. The van der Waals surface area contributed by atoms with E-state index in [0.29, 0.717) is 0 Å². The molecule has 0 bridgehead atoms. The first-order valence-electron chi connectivity index (χ1n) is 0.516. The first-order valence-corrected chi connectivity index (χ1v) is 2.15.